The Hall–Kier alpha value is -3.38. The summed E-state index contributed by atoms with van der Waals surface area (Å²) in [5.41, 5.74) is 1.74. The number of aliphatic hydroxyl groups excluding tert-OH is 1. The second-order valence-corrected chi connectivity index (χ2v) is 7.43. The van der Waals surface area contributed by atoms with E-state index in [-0.39, 0.29) is 18.6 Å². The average molecular weight is 403 g/mol. The molecule has 30 heavy (non-hydrogen) atoms. The van der Waals surface area contributed by atoms with E-state index in [2.05, 4.69) is 10.3 Å². The largest absolute Gasteiger partial charge is 0.490 e. The van der Waals surface area contributed by atoms with E-state index in [0.717, 1.165) is 27.6 Å². The highest BCUT2D eigenvalue weighted by Gasteiger charge is 2.19. The Kier molecular flexibility index (Phi) is 5.68. The van der Waals surface area contributed by atoms with Crippen LogP contribution in [0.5, 0.6) is 5.75 Å². The van der Waals surface area contributed by atoms with Gasteiger partial charge in [0.2, 0.25) is 5.91 Å². The summed E-state index contributed by atoms with van der Waals surface area (Å²) in [5.74, 6) is 1.33. The lowest BCUT2D eigenvalue weighted by Gasteiger charge is -2.19. The van der Waals surface area contributed by atoms with E-state index in [1.165, 1.54) is 6.92 Å². The fourth-order valence-corrected chi connectivity index (χ4v) is 3.76. The van der Waals surface area contributed by atoms with Crippen molar-refractivity contribution in [1.82, 2.24) is 14.9 Å². The Balaban J connectivity index is 1.55. The quantitative estimate of drug-likeness (QED) is 0.492. The van der Waals surface area contributed by atoms with E-state index < -0.39 is 6.10 Å². The van der Waals surface area contributed by atoms with E-state index in [9.17, 15) is 9.90 Å². The Morgan fingerprint density at radius 2 is 1.83 bits per heavy atom. The molecule has 0 saturated heterocycles. The minimum absolute atomic E-state index is 0.124. The SMILES string of the molecule is CC(=O)N[C@H](C)c1nc2ccccc2n1C[C@@H](O)COc1cccc2ccccc12. The number of nitrogens with one attached hydrogen (secondary N) is 1. The van der Waals surface area contributed by atoms with Crippen LogP contribution in [0.3, 0.4) is 0 Å². The molecule has 0 saturated carbocycles. The number of para-hydroxylation sites is 2. The summed E-state index contributed by atoms with van der Waals surface area (Å²) in [6.45, 7) is 3.83. The van der Waals surface area contributed by atoms with Gasteiger partial charge in [-0.05, 0) is 30.5 Å². The Morgan fingerprint density at radius 1 is 1.10 bits per heavy atom. The Bertz CT molecular complexity index is 1180. The molecule has 2 N–H and O–H groups in total. The molecule has 3 aromatic carbocycles. The molecule has 1 aromatic heterocycles. The topological polar surface area (TPSA) is 76.4 Å². The van der Waals surface area contributed by atoms with Gasteiger partial charge in [-0.2, -0.15) is 0 Å². The first kappa shape index (κ1) is 19.9. The first-order chi connectivity index (χ1) is 14.5. The molecule has 0 spiro atoms. The predicted octanol–water partition coefficient (Wildman–Crippen LogP) is 3.83. The highest BCUT2D eigenvalue weighted by molar-refractivity contribution is 5.88. The summed E-state index contributed by atoms with van der Waals surface area (Å²) in [4.78, 5) is 16.2. The molecular weight excluding hydrogens is 378 g/mol. The maximum atomic E-state index is 11.5. The van der Waals surface area contributed by atoms with Crippen molar-refractivity contribution in [2.45, 2.75) is 32.5 Å². The van der Waals surface area contributed by atoms with Gasteiger partial charge in [0, 0.05) is 12.3 Å². The monoisotopic (exact) mass is 403 g/mol. The number of aliphatic hydroxyl groups is 1. The maximum Gasteiger partial charge on any atom is 0.217 e. The van der Waals surface area contributed by atoms with Crippen molar-refractivity contribution in [3.63, 3.8) is 0 Å². The molecular formula is C24H25N3O3. The number of ether oxygens (including phenoxy) is 1. The van der Waals surface area contributed by atoms with Gasteiger partial charge in [0.25, 0.3) is 0 Å². The summed E-state index contributed by atoms with van der Waals surface area (Å²) in [5, 5.41) is 15.7. The highest BCUT2D eigenvalue weighted by Crippen LogP contribution is 2.26. The van der Waals surface area contributed by atoms with Gasteiger partial charge in [-0.1, -0.05) is 48.5 Å². The third kappa shape index (κ3) is 4.14. The van der Waals surface area contributed by atoms with Crippen molar-refractivity contribution in [2.24, 2.45) is 0 Å². The molecule has 2 atom stereocenters. The molecule has 1 amide bonds. The predicted molar refractivity (Wildman–Crippen MR) is 117 cm³/mol. The first-order valence-electron chi connectivity index (χ1n) is 10.0. The van der Waals surface area contributed by atoms with Crippen molar-refractivity contribution in [3.05, 3.63) is 72.6 Å². The van der Waals surface area contributed by atoms with E-state index in [1.54, 1.807) is 0 Å². The molecule has 0 fully saturated rings. The molecule has 4 aromatic rings. The average Bonchev–Trinajstić information content (AvgIpc) is 3.10. The number of benzene rings is 3. The molecule has 0 aliphatic carbocycles. The number of nitrogens with zero attached hydrogens (tertiary/aromatic N) is 2. The molecule has 154 valence electrons. The van der Waals surface area contributed by atoms with Crippen molar-refractivity contribution >= 4 is 27.7 Å². The first-order valence-corrected chi connectivity index (χ1v) is 10.0. The van der Waals surface area contributed by atoms with Crippen LogP contribution in [0, 0.1) is 0 Å². The van der Waals surface area contributed by atoms with E-state index in [0.29, 0.717) is 12.4 Å². The van der Waals surface area contributed by atoms with Crippen LogP contribution in [0.4, 0.5) is 0 Å². The standard InChI is InChI=1S/C24H25N3O3/c1-16(25-17(2)28)24-26-21-11-5-6-12-22(21)27(24)14-19(29)15-30-23-13-7-9-18-8-3-4-10-20(18)23/h3-13,16,19,29H,14-15H2,1-2H3,(H,25,28)/t16-,19-/m1/s1. The molecule has 0 radical (unpaired) electrons. The van der Waals surface area contributed by atoms with Crippen molar-refractivity contribution in [3.8, 4) is 5.75 Å². The lowest BCUT2D eigenvalue weighted by molar-refractivity contribution is -0.119. The summed E-state index contributed by atoms with van der Waals surface area (Å²) in [6, 6.07) is 21.4. The molecule has 4 rings (SSSR count). The van der Waals surface area contributed by atoms with Crippen LogP contribution in [0.2, 0.25) is 0 Å². The molecule has 0 aliphatic heterocycles. The summed E-state index contributed by atoms with van der Waals surface area (Å²) in [7, 11) is 0. The normalized spacial score (nSPS) is 13.3. The minimum atomic E-state index is -0.746. The number of rotatable bonds is 7. The van der Waals surface area contributed by atoms with Gasteiger partial charge in [-0.3, -0.25) is 4.79 Å². The van der Waals surface area contributed by atoms with E-state index >= 15 is 0 Å². The van der Waals surface area contributed by atoms with Crippen molar-refractivity contribution in [1.29, 1.82) is 0 Å². The number of aromatic nitrogens is 2. The number of amides is 1. The summed E-state index contributed by atoms with van der Waals surface area (Å²) in [6.07, 6.45) is -0.746. The van der Waals surface area contributed by atoms with Gasteiger partial charge < -0.3 is 19.7 Å². The number of hydrogen-bond donors (Lipinski definition) is 2. The number of hydrogen-bond acceptors (Lipinski definition) is 4. The lowest BCUT2D eigenvalue weighted by atomic mass is 10.1. The maximum absolute atomic E-state index is 11.5. The van der Waals surface area contributed by atoms with Crippen LogP contribution in [0.1, 0.15) is 25.7 Å². The van der Waals surface area contributed by atoms with Crippen LogP contribution in [-0.4, -0.2) is 33.3 Å². The van der Waals surface area contributed by atoms with E-state index in [4.69, 9.17) is 4.74 Å². The van der Waals surface area contributed by atoms with Gasteiger partial charge in [-0.25, -0.2) is 4.98 Å². The fraction of sp³-hybridized carbons (Fsp3) is 0.250. The minimum Gasteiger partial charge on any atom is -0.490 e. The lowest BCUT2D eigenvalue weighted by Crippen LogP contribution is -2.29. The van der Waals surface area contributed by atoms with Crippen LogP contribution in [0.15, 0.2) is 66.7 Å². The molecule has 0 aliphatic rings. The van der Waals surface area contributed by atoms with Gasteiger partial charge in [0.15, 0.2) is 0 Å². The number of carbonyl (C=O) groups excluding carboxylic acids is 1. The molecule has 0 bridgehead atoms. The zero-order valence-electron chi connectivity index (χ0n) is 17.1. The second-order valence-electron chi connectivity index (χ2n) is 7.43. The Labute approximate surface area is 175 Å². The van der Waals surface area contributed by atoms with E-state index in [1.807, 2.05) is 78.2 Å². The third-order valence-electron chi connectivity index (χ3n) is 5.07. The van der Waals surface area contributed by atoms with Gasteiger partial charge in [-0.15, -0.1) is 0 Å². The zero-order chi connectivity index (χ0) is 21.1. The zero-order valence-corrected chi connectivity index (χ0v) is 17.1. The van der Waals surface area contributed by atoms with Gasteiger partial charge >= 0.3 is 0 Å². The van der Waals surface area contributed by atoms with Crippen LogP contribution < -0.4 is 10.1 Å². The van der Waals surface area contributed by atoms with Crippen molar-refractivity contribution in [2.75, 3.05) is 6.61 Å². The molecule has 0 unspecified atom stereocenters. The van der Waals surface area contributed by atoms with Crippen molar-refractivity contribution < 1.29 is 14.6 Å². The smallest absolute Gasteiger partial charge is 0.217 e. The second kappa shape index (κ2) is 8.55. The highest BCUT2D eigenvalue weighted by atomic mass is 16.5. The summed E-state index contributed by atoms with van der Waals surface area (Å²) < 4.78 is 7.90. The van der Waals surface area contributed by atoms with Gasteiger partial charge in [0.1, 0.15) is 24.3 Å². The molecule has 6 heteroatoms. The van der Waals surface area contributed by atoms with Crippen LogP contribution in [0.25, 0.3) is 21.8 Å². The number of fused-ring (bicyclic) bond motifs is 2. The number of carbonyl (C=O) groups is 1. The summed E-state index contributed by atoms with van der Waals surface area (Å²) >= 11 is 0. The fourth-order valence-electron chi connectivity index (χ4n) is 3.76. The Morgan fingerprint density at radius 3 is 2.67 bits per heavy atom. The van der Waals surface area contributed by atoms with Gasteiger partial charge in [0.05, 0.1) is 23.6 Å². The third-order valence-corrected chi connectivity index (χ3v) is 5.07. The number of imidazole rings is 1. The molecule has 6 nitrogen and oxygen atoms in total. The van der Waals surface area contributed by atoms with Crippen LogP contribution in [-0.2, 0) is 11.3 Å². The molecule has 1 heterocycles. The van der Waals surface area contributed by atoms with Crippen LogP contribution >= 0.6 is 0 Å².